The molecule has 70 valence electrons. The van der Waals surface area contributed by atoms with Crippen molar-refractivity contribution < 1.29 is 0 Å². The third-order valence-electron chi connectivity index (χ3n) is 3.23. The second-order valence-electron chi connectivity index (χ2n) is 4.32. The van der Waals surface area contributed by atoms with Crippen molar-refractivity contribution in [3.63, 3.8) is 0 Å². The molecule has 1 aliphatic heterocycles. The molecule has 1 heterocycles. The first kappa shape index (κ1) is 8.52. The van der Waals surface area contributed by atoms with E-state index < -0.39 is 0 Å². The number of hydrogen-bond acceptors (Lipinski definition) is 2. The van der Waals surface area contributed by atoms with Gasteiger partial charge < -0.3 is 10.2 Å². The van der Waals surface area contributed by atoms with Gasteiger partial charge in [-0.05, 0) is 57.8 Å². The van der Waals surface area contributed by atoms with Crippen molar-refractivity contribution in [2.75, 3.05) is 33.2 Å². The van der Waals surface area contributed by atoms with Crippen molar-refractivity contribution in [1.82, 2.24) is 10.2 Å². The van der Waals surface area contributed by atoms with Gasteiger partial charge in [-0.1, -0.05) is 0 Å². The lowest BCUT2D eigenvalue weighted by atomic mass is 10.3. The van der Waals surface area contributed by atoms with Crippen LogP contribution >= 0.6 is 0 Å². The Bertz CT molecular complexity index is 141. The topological polar surface area (TPSA) is 15.3 Å². The van der Waals surface area contributed by atoms with E-state index in [2.05, 4.69) is 17.3 Å². The van der Waals surface area contributed by atoms with Gasteiger partial charge in [-0.3, -0.25) is 0 Å². The summed E-state index contributed by atoms with van der Waals surface area (Å²) in [5.41, 5.74) is 0. The van der Waals surface area contributed by atoms with Gasteiger partial charge in [-0.25, -0.2) is 0 Å². The molecule has 0 spiro atoms. The van der Waals surface area contributed by atoms with E-state index >= 15 is 0 Å². The highest BCUT2D eigenvalue weighted by Crippen LogP contribution is 2.38. The maximum absolute atomic E-state index is 3.27. The van der Waals surface area contributed by atoms with Gasteiger partial charge in [-0.2, -0.15) is 0 Å². The fourth-order valence-corrected chi connectivity index (χ4v) is 2.34. The van der Waals surface area contributed by atoms with Crippen LogP contribution in [0, 0.1) is 11.8 Å². The van der Waals surface area contributed by atoms with Crippen LogP contribution in [0.15, 0.2) is 0 Å². The molecule has 1 aliphatic carbocycles. The molecule has 2 atom stereocenters. The normalized spacial score (nSPS) is 35.8. The molecule has 2 nitrogen and oxygen atoms in total. The number of nitrogens with one attached hydrogen (secondary N) is 1. The first-order chi connectivity index (χ1) is 5.90. The van der Waals surface area contributed by atoms with Gasteiger partial charge in [0.2, 0.25) is 0 Å². The molecule has 0 radical (unpaired) electrons. The fourth-order valence-electron chi connectivity index (χ4n) is 2.34. The molecule has 0 unspecified atom stereocenters. The van der Waals surface area contributed by atoms with Gasteiger partial charge in [0.1, 0.15) is 0 Å². The Hall–Kier alpha value is -0.0800. The zero-order chi connectivity index (χ0) is 8.39. The number of rotatable bonds is 4. The number of hydrogen-bond donors (Lipinski definition) is 1. The molecular formula is C10H20N2. The van der Waals surface area contributed by atoms with Crippen LogP contribution < -0.4 is 5.32 Å². The summed E-state index contributed by atoms with van der Waals surface area (Å²) in [5, 5.41) is 3.27. The number of likely N-dealkylation sites (tertiary alicyclic amines) is 1. The first-order valence-electron chi connectivity index (χ1n) is 5.27. The smallest absolute Gasteiger partial charge is 0.00129 e. The molecule has 2 fully saturated rings. The minimum atomic E-state index is 0.996. The van der Waals surface area contributed by atoms with E-state index in [1.54, 1.807) is 0 Å². The maximum atomic E-state index is 3.27. The Kier molecular flexibility index (Phi) is 2.66. The zero-order valence-electron chi connectivity index (χ0n) is 8.05. The summed E-state index contributed by atoms with van der Waals surface area (Å²) >= 11 is 0. The number of nitrogens with zero attached hydrogens (tertiary/aromatic N) is 1. The van der Waals surface area contributed by atoms with Crippen molar-refractivity contribution in [3.8, 4) is 0 Å². The van der Waals surface area contributed by atoms with Gasteiger partial charge >= 0.3 is 0 Å². The SMILES string of the molecule is CNC[C@H]1C[C@H]1CN1CCCC1. The molecule has 0 aromatic heterocycles. The molecule has 2 heteroatoms. The van der Waals surface area contributed by atoms with Gasteiger partial charge in [0.15, 0.2) is 0 Å². The second-order valence-corrected chi connectivity index (χ2v) is 4.32. The summed E-state index contributed by atoms with van der Waals surface area (Å²) in [6.07, 6.45) is 4.34. The average molecular weight is 168 g/mol. The van der Waals surface area contributed by atoms with Crippen molar-refractivity contribution in [2.24, 2.45) is 11.8 Å². The Balaban J connectivity index is 1.62. The summed E-state index contributed by atoms with van der Waals surface area (Å²) in [6, 6.07) is 0. The predicted octanol–water partition coefficient (Wildman–Crippen LogP) is 0.938. The molecule has 2 rings (SSSR count). The minimum absolute atomic E-state index is 0.996. The van der Waals surface area contributed by atoms with E-state index in [0.717, 1.165) is 11.8 Å². The second kappa shape index (κ2) is 3.75. The van der Waals surface area contributed by atoms with E-state index in [0.29, 0.717) is 0 Å². The molecule has 1 saturated carbocycles. The Labute approximate surface area is 75.3 Å². The van der Waals surface area contributed by atoms with Crippen LogP contribution in [0.1, 0.15) is 19.3 Å². The molecule has 1 saturated heterocycles. The molecule has 0 amide bonds. The summed E-state index contributed by atoms with van der Waals surface area (Å²) in [5.74, 6) is 2.02. The highest BCUT2D eigenvalue weighted by atomic mass is 15.1. The molecule has 2 aliphatic rings. The first-order valence-corrected chi connectivity index (χ1v) is 5.27. The Morgan fingerprint density at radius 1 is 1.25 bits per heavy atom. The molecule has 0 aromatic carbocycles. The van der Waals surface area contributed by atoms with Gasteiger partial charge in [-0.15, -0.1) is 0 Å². The van der Waals surface area contributed by atoms with Gasteiger partial charge in [0.25, 0.3) is 0 Å². The highest BCUT2D eigenvalue weighted by molar-refractivity contribution is 4.90. The van der Waals surface area contributed by atoms with Crippen molar-refractivity contribution in [3.05, 3.63) is 0 Å². The van der Waals surface area contributed by atoms with Gasteiger partial charge in [0, 0.05) is 6.54 Å². The van der Waals surface area contributed by atoms with E-state index in [1.807, 2.05) is 0 Å². The summed E-state index contributed by atoms with van der Waals surface area (Å²) in [4.78, 5) is 2.64. The summed E-state index contributed by atoms with van der Waals surface area (Å²) in [7, 11) is 2.06. The summed E-state index contributed by atoms with van der Waals surface area (Å²) in [6.45, 7) is 5.34. The monoisotopic (exact) mass is 168 g/mol. The Morgan fingerprint density at radius 3 is 2.67 bits per heavy atom. The average Bonchev–Trinajstić information content (AvgIpc) is 2.62. The highest BCUT2D eigenvalue weighted by Gasteiger charge is 2.37. The molecule has 12 heavy (non-hydrogen) atoms. The third kappa shape index (κ3) is 1.99. The van der Waals surface area contributed by atoms with Crippen LogP contribution in [0.5, 0.6) is 0 Å². The van der Waals surface area contributed by atoms with Crippen LogP contribution in [0.25, 0.3) is 0 Å². The quantitative estimate of drug-likeness (QED) is 0.672. The van der Waals surface area contributed by atoms with E-state index in [9.17, 15) is 0 Å². The molecule has 0 bridgehead atoms. The van der Waals surface area contributed by atoms with E-state index in [4.69, 9.17) is 0 Å². The molecule has 0 aromatic rings. The van der Waals surface area contributed by atoms with Crippen LogP contribution in [0.4, 0.5) is 0 Å². The van der Waals surface area contributed by atoms with E-state index in [1.165, 1.54) is 45.4 Å². The van der Waals surface area contributed by atoms with Crippen LogP contribution in [0.3, 0.4) is 0 Å². The molecular weight excluding hydrogens is 148 g/mol. The van der Waals surface area contributed by atoms with E-state index in [-0.39, 0.29) is 0 Å². The standard InChI is InChI=1S/C10H20N2/c1-11-7-9-6-10(9)8-12-4-2-3-5-12/h9-11H,2-8H2,1H3/t9-,10+/m1/s1. The maximum Gasteiger partial charge on any atom is 0.00129 e. The third-order valence-corrected chi connectivity index (χ3v) is 3.23. The van der Waals surface area contributed by atoms with Gasteiger partial charge in [0.05, 0.1) is 0 Å². The summed E-state index contributed by atoms with van der Waals surface area (Å²) < 4.78 is 0. The van der Waals surface area contributed by atoms with Crippen LogP contribution in [-0.2, 0) is 0 Å². The zero-order valence-corrected chi connectivity index (χ0v) is 8.05. The van der Waals surface area contributed by atoms with Crippen LogP contribution in [-0.4, -0.2) is 38.1 Å². The van der Waals surface area contributed by atoms with Crippen LogP contribution in [0.2, 0.25) is 0 Å². The Morgan fingerprint density at radius 2 is 2.00 bits per heavy atom. The lowest BCUT2D eigenvalue weighted by Crippen LogP contribution is -2.23. The van der Waals surface area contributed by atoms with Crippen molar-refractivity contribution >= 4 is 0 Å². The minimum Gasteiger partial charge on any atom is -0.319 e. The fraction of sp³-hybridized carbons (Fsp3) is 1.00. The lowest BCUT2D eigenvalue weighted by Gasteiger charge is -2.13. The lowest BCUT2D eigenvalue weighted by molar-refractivity contribution is 0.316. The van der Waals surface area contributed by atoms with Crippen molar-refractivity contribution in [2.45, 2.75) is 19.3 Å². The predicted molar refractivity (Wildman–Crippen MR) is 51.2 cm³/mol. The van der Waals surface area contributed by atoms with Crippen molar-refractivity contribution in [1.29, 1.82) is 0 Å². The molecule has 1 N–H and O–H groups in total. The largest absolute Gasteiger partial charge is 0.319 e.